The number of likely N-dealkylation sites (tertiary alicyclic amines) is 1. The van der Waals surface area contributed by atoms with Crippen LogP contribution in [0.2, 0.25) is 0 Å². The van der Waals surface area contributed by atoms with Crippen LogP contribution >= 0.6 is 0 Å². The van der Waals surface area contributed by atoms with E-state index in [2.05, 4.69) is 47.5 Å². The van der Waals surface area contributed by atoms with Crippen LogP contribution in [-0.4, -0.2) is 36.6 Å². The highest BCUT2D eigenvalue weighted by Gasteiger charge is 2.66. The van der Waals surface area contributed by atoms with Gasteiger partial charge in [0, 0.05) is 31.7 Å². The van der Waals surface area contributed by atoms with Gasteiger partial charge in [0.25, 0.3) is 0 Å². The van der Waals surface area contributed by atoms with Crippen molar-refractivity contribution in [2.75, 3.05) is 26.2 Å². The number of hydrogen-bond donors (Lipinski definition) is 2. The highest BCUT2D eigenvalue weighted by molar-refractivity contribution is 5.24. The summed E-state index contributed by atoms with van der Waals surface area (Å²) in [6.07, 6.45) is 0. The molecule has 18 heavy (non-hydrogen) atoms. The fourth-order valence-corrected chi connectivity index (χ4v) is 3.57. The number of piperidine rings is 1. The lowest BCUT2D eigenvalue weighted by molar-refractivity contribution is 0.265. The van der Waals surface area contributed by atoms with E-state index in [1.165, 1.54) is 25.2 Å². The van der Waals surface area contributed by atoms with Gasteiger partial charge in [-0.3, -0.25) is 0 Å². The molecule has 3 nitrogen and oxygen atoms in total. The molecule has 0 spiro atoms. The Balaban J connectivity index is 1.60. The summed E-state index contributed by atoms with van der Waals surface area (Å²) in [4.78, 5) is 2.54. The summed E-state index contributed by atoms with van der Waals surface area (Å²) < 4.78 is 0. The van der Waals surface area contributed by atoms with Crippen molar-refractivity contribution in [3.8, 4) is 0 Å². The standard InChI is InChI=1S/C15H23N3/c1-2-18-9-13-14(10-18)15(13,11-16)17-8-12-6-4-3-5-7-12/h3-7,13-14,17H,2,8-11,16H2,1H3. The van der Waals surface area contributed by atoms with Gasteiger partial charge in [-0.05, 0) is 23.9 Å². The van der Waals surface area contributed by atoms with Crippen molar-refractivity contribution in [1.29, 1.82) is 0 Å². The number of nitrogens with two attached hydrogens (primary N) is 1. The van der Waals surface area contributed by atoms with Crippen LogP contribution in [0.5, 0.6) is 0 Å². The molecule has 3 heteroatoms. The molecule has 0 bridgehead atoms. The van der Waals surface area contributed by atoms with Crippen LogP contribution in [0, 0.1) is 11.8 Å². The van der Waals surface area contributed by atoms with E-state index in [0.717, 1.165) is 24.9 Å². The topological polar surface area (TPSA) is 41.3 Å². The second-order valence-corrected chi connectivity index (χ2v) is 5.65. The molecule has 1 aromatic rings. The van der Waals surface area contributed by atoms with Crippen LogP contribution in [0.25, 0.3) is 0 Å². The van der Waals surface area contributed by atoms with Crippen molar-refractivity contribution >= 4 is 0 Å². The van der Waals surface area contributed by atoms with Crippen LogP contribution in [0.15, 0.2) is 30.3 Å². The van der Waals surface area contributed by atoms with Crippen LogP contribution in [0.3, 0.4) is 0 Å². The van der Waals surface area contributed by atoms with Gasteiger partial charge in [-0.2, -0.15) is 0 Å². The molecule has 98 valence electrons. The van der Waals surface area contributed by atoms with E-state index >= 15 is 0 Å². The minimum Gasteiger partial charge on any atom is -0.329 e. The molecule has 1 saturated heterocycles. The molecule has 1 heterocycles. The van der Waals surface area contributed by atoms with Crippen molar-refractivity contribution < 1.29 is 0 Å². The maximum atomic E-state index is 6.03. The third kappa shape index (κ3) is 1.87. The number of nitrogens with one attached hydrogen (secondary N) is 1. The Morgan fingerprint density at radius 2 is 1.94 bits per heavy atom. The highest BCUT2D eigenvalue weighted by atomic mass is 15.2. The summed E-state index contributed by atoms with van der Waals surface area (Å²) in [5.41, 5.74) is 7.60. The Labute approximate surface area is 109 Å². The van der Waals surface area contributed by atoms with Crippen LogP contribution in [0.4, 0.5) is 0 Å². The summed E-state index contributed by atoms with van der Waals surface area (Å²) in [6.45, 7) is 7.57. The van der Waals surface area contributed by atoms with Crippen molar-refractivity contribution in [2.24, 2.45) is 17.6 Å². The van der Waals surface area contributed by atoms with Gasteiger partial charge in [0.1, 0.15) is 0 Å². The van der Waals surface area contributed by atoms with Crippen LogP contribution < -0.4 is 11.1 Å². The van der Waals surface area contributed by atoms with Gasteiger partial charge in [0.15, 0.2) is 0 Å². The first-order chi connectivity index (χ1) is 8.80. The zero-order valence-corrected chi connectivity index (χ0v) is 11.1. The second kappa shape index (κ2) is 4.65. The van der Waals surface area contributed by atoms with E-state index in [1.807, 2.05) is 0 Å². The van der Waals surface area contributed by atoms with Gasteiger partial charge in [0.05, 0.1) is 0 Å². The van der Waals surface area contributed by atoms with Gasteiger partial charge in [-0.1, -0.05) is 37.3 Å². The lowest BCUT2D eigenvalue weighted by Gasteiger charge is -2.26. The van der Waals surface area contributed by atoms with Crippen molar-refractivity contribution in [3.63, 3.8) is 0 Å². The first-order valence-electron chi connectivity index (χ1n) is 7.01. The van der Waals surface area contributed by atoms with Crippen LogP contribution in [-0.2, 0) is 6.54 Å². The molecule has 0 aromatic heterocycles. The molecule has 2 aliphatic rings. The van der Waals surface area contributed by atoms with Gasteiger partial charge >= 0.3 is 0 Å². The van der Waals surface area contributed by atoms with E-state index in [9.17, 15) is 0 Å². The summed E-state index contributed by atoms with van der Waals surface area (Å²) in [7, 11) is 0. The molecule has 2 unspecified atom stereocenters. The normalized spacial score (nSPS) is 34.6. The highest BCUT2D eigenvalue weighted by Crippen LogP contribution is 2.54. The van der Waals surface area contributed by atoms with E-state index in [-0.39, 0.29) is 5.54 Å². The monoisotopic (exact) mass is 245 g/mol. The predicted octanol–water partition coefficient (Wildman–Crippen LogP) is 1.06. The van der Waals surface area contributed by atoms with Crippen molar-refractivity contribution in [2.45, 2.75) is 19.0 Å². The Hall–Kier alpha value is -0.900. The third-order valence-corrected chi connectivity index (χ3v) is 4.86. The molecule has 1 saturated carbocycles. The molecule has 0 radical (unpaired) electrons. The second-order valence-electron chi connectivity index (χ2n) is 5.65. The largest absolute Gasteiger partial charge is 0.329 e. The van der Waals surface area contributed by atoms with Crippen molar-refractivity contribution in [3.05, 3.63) is 35.9 Å². The fourth-order valence-electron chi connectivity index (χ4n) is 3.57. The lowest BCUT2D eigenvalue weighted by Crippen LogP contribution is -2.46. The number of hydrogen-bond acceptors (Lipinski definition) is 3. The smallest absolute Gasteiger partial charge is 0.0395 e. The van der Waals surface area contributed by atoms with E-state index < -0.39 is 0 Å². The molecule has 3 N–H and O–H groups in total. The van der Waals surface area contributed by atoms with Gasteiger partial charge < -0.3 is 16.0 Å². The average Bonchev–Trinajstić information content (AvgIpc) is 2.81. The summed E-state index contributed by atoms with van der Waals surface area (Å²) in [5.74, 6) is 1.54. The molecule has 2 atom stereocenters. The number of rotatable bonds is 5. The Morgan fingerprint density at radius 3 is 2.50 bits per heavy atom. The lowest BCUT2D eigenvalue weighted by atomic mass is 10.1. The SMILES string of the molecule is CCN1CC2C(C1)C2(CN)NCc1ccccc1. The molecule has 1 aliphatic heterocycles. The quantitative estimate of drug-likeness (QED) is 0.815. The Morgan fingerprint density at radius 1 is 1.28 bits per heavy atom. The van der Waals surface area contributed by atoms with Crippen molar-refractivity contribution in [1.82, 2.24) is 10.2 Å². The molecule has 2 fully saturated rings. The summed E-state index contributed by atoms with van der Waals surface area (Å²) in [5, 5.41) is 3.73. The third-order valence-electron chi connectivity index (χ3n) is 4.86. The molecule has 3 rings (SSSR count). The average molecular weight is 245 g/mol. The molecular weight excluding hydrogens is 222 g/mol. The Kier molecular flexibility index (Phi) is 3.14. The number of fused-ring (bicyclic) bond motifs is 1. The van der Waals surface area contributed by atoms with Crippen LogP contribution in [0.1, 0.15) is 12.5 Å². The molecule has 1 aliphatic carbocycles. The predicted molar refractivity (Wildman–Crippen MR) is 74.2 cm³/mol. The summed E-state index contributed by atoms with van der Waals surface area (Å²) in [6, 6.07) is 10.6. The first-order valence-corrected chi connectivity index (χ1v) is 7.01. The van der Waals surface area contributed by atoms with Gasteiger partial charge in [-0.15, -0.1) is 0 Å². The fraction of sp³-hybridized carbons (Fsp3) is 0.600. The Bertz CT molecular complexity index is 391. The van der Waals surface area contributed by atoms with E-state index in [4.69, 9.17) is 5.73 Å². The maximum absolute atomic E-state index is 6.03. The van der Waals surface area contributed by atoms with Gasteiger partial charge in [0.2, 0.25) is 0 Å². The number of benzene rings is 1. The molecule has 1 aromatic carbocycles. The van der Waals surface area contributed by atoms with E-state index in [1.54, 1.807) is 0 Å². The zero-order valence-electron chi connectivity index (χ0n) is 11.1. The number of nitrogens with zero attached hydrogens (tertiary/aromatic N) is 1. The molecular formula is C15H23N3. The van der Waals surface area contributed by atoms with Gasteiger partial charge in [-0.25, -0.2) is 0 Å². The van der Waals surface area contributed by atoms with E-state index in [0.29, 0.717) is 0 Å². The minimum absolute atomic E-state index is 0.224. The molecule has 0 amide bonds. The maximum Gasteiger partial charge on any atom is 0.0395 e. The zero-order chi connectivity index (χ0) is 12.6. The first kappa shape index (κ1) is 12.2. The minimum atomic E-state index is 0.224. The summed E-state index contributed by atoms with van der Waals surface area (Å²) >= 11 is 0.